The molecule has 3 aromatic carbocycles. The molecule has 0 amide bonds. The number of halogens is 1. The third-order valence-corrected chi connectivity index (χ3v) is 3.99. The number of hydrogen-bond acceptors (Lipinski definition) is 9. The molecule has 0 fully saturated rings. The number of aryl methyl sites for hydroxylation is 2. The zero-order valence-corrected chi connectivity index (χ0v) is 23.3. The van der Waals surface area contributed by atoms with E-state index in [9.17, 15) is 14.5 Å². The molecule has 10 nitrogen and oxygen atoms in total. The van der Waals surface area contributed by atoms with Gasteiger partial charge in [0.15, 0.2) is 0 Å². The molecule has 0 saturated heterocycles. The van der Waals surface area contributed by atoms with Crippen LogP contribution in [0.1, 0.15) is 12.5 Å². The number of nitro benzene ring substituents is 1. The first-order valence-corrected chi connectivity index (χ1v) is 9.73. The van der Waals surface area contributed by atoms with E-state index in [2.05, 4.69) is 6.92 Å². The molecule has 0 unspecified atom stereocenters. The molecule has 0 atom stereocenters. The topological polar surface area (TPSA) is 149 Å². The number of anilines is 1. The van der Waals surface area contributed by atoms with E-state index in [0.29, 0.717) is 11.3 Å². The Balaban J connectivity index is -0.000000422. The Kier molecular flexibility index (Phi) is 22.5. The van der Waals surface area contributed by atoms with Gasteiger partial charge >= 0.3 is 29.6 Å². The Morgan fingerprint density at radius 1 is 0.889 bits per heavy atom. The normalized spacial score (nSPS) is 8.56. The fourth-order valence-electron chi connectivity index (χ4n) is 2.19. The van der Waals surface area contributed by atoms with Gasteiger partial charge in [-0.3, -0.25) is 14.5 Å². The van der Waals surface area contributed by atoms with Gasteiger partial charge in [-0.25, -0.2) is 0 Å². The molecule has 2 N–H and O–H groups in total. The average molecular weight is 517 g/mol. The number of alkyl halides is 1. The van der Waals surface area contributed by atoms with Crippen molar-refractivity contribution in [2.75, 3.05) is 34.2 Å². The number of hydrogen-bond donors (Lipinski definition) is 1. The second-order valence-electron chi connectivity index (χ2n) is 6.27. The average Bonchev–Trinajstić information content (AvgIpc) is 2.87. The first-order chi connectivity index (χ1) is 17.1. The van der Waals surface area contributed by atoms with Gasteiger partial charge < -0.3 is 30.1 Å². The molecule has 0 heterocycles. The van der Waals surface area contributed by atoms with Crippen LogP contribution in [0.4, 0.5) is 15.8 Å². The minimum atomic E-state index is -1.00. The molecule has 0 spiro atoms. The van der Waals surface area contributed by atoms with E-state index in [1.165, 1.54) is 18.7 Å². The van der Waals surface area contributed by atoms with Crippen molar-refractivity contribution in [3.63, 3.8) is 0 Å². The van der Waals surface area contributed by atoms with Gasteiger partial charge in [0.05, 0.1) is 40.8 Å². The third kappa shape index (κ3) is 17.1. The largest absolute Gasteiger partial charge is 1.00 e. The first kappa shape index (κ1) is 34.8. The summed E-state index contributed by atoms with van der Waals surface area (Å²) in [6, 6.07) is 20.0. The number of nitrogens with two attached hydrogens (primary N) is 1. The van der Waals surface area contributed by atoms with Gasteiger partial charge in [-0.1, -0.05) is 17.7 Å². The van der Waals surface area contributed by atoms with Crippen molar-refractivity contribution in [2.24, 2.45) is 5.34 Å². The first-order valence-electron chi connectivity index (χ1n) is 10.4. The number of methoxy groups -OCH3 is 3. The van der Waals surface area contributed by atoms with E-state index in [4.69, 9.17) is 31.4 Å². The second kappa shape index (κ2) is 23.3. The molecule has 3 aromatic rings. The Morgan fingerprint density at radius 3 is 1.61 bits per heavy atom. The van der Waals surface area contributed by atoms with Crippen LogP contribution in [-0.2, 0) is 0 Å². The van der Waals surface area contributed by atoms with Gasteiger partial charge in [0.25, 0.3) is 5.69 Å². The van der Waals surface area contributed by atoms with Gasteiger partial charge in [-0.2, -0.15) is 0 Å². The fourth-order valence-corrected chi connectivity index (χ4v) is 2.19. The Bertz CT molecular complexity index is 953. The van der Waals surface area contributed by atoms with Crippen molar-refractivity contribution in [3.05, 3.63) is 98.1 Å². The van der Waals surface area contributed by atoms with Crippen LogP contribution in [0.15, 0.2) is 72.1 Å². The second-order valence-corrected chi connectivity index (χ2v) is 6.27. The van der Waals surface area contributed by atoms with E-state index < -0.39 is 12.1 Å². The van der Waals surface area contributed by atoms with E-state index >= 15 is 0 Å². The van der Waals surface area contributed by atoms with Crippen LogP contribution in [0.2, 0.25) is 0 Å². The Hall–Kier alpha value is -3.41. The molecular weight excluding hydrogens is 484 g/mol. The molecule has 0 aromatic heterocycles. The number of nitro groups is 1. The van der Waals surface area contributed by atoms with Gasteiger partial charge in [0, 0.05) is 11.3 Å². The van der Waals surface area contributed by atoms with Crippen LogP contribution in [0.5, 0.6) is 17.2 Å². The molecule has 0 bridgehead atoms. The molecule has 3 rings (SSSR count). The van der Waals surface area contributed by atoms with Crippen molar-refractivity contribution in [3.8, 4) is 17.2 Å². The maximum Gasteiger partial charge on any atom is 1.00 e. The molecule has 0 aliphatic heterocycles. The summed E-state index contributed by atoms with van der Waals surface area (Å²) in [5.74, 6) is 2.26. The summed E-state index contributed by atoms with van der Waals surface area (Å²) in [5, 5.41) is 19.4. The predicted molar refractivity (Wildman–Crippen MR) is 136 cm³/mol. The van der Waals surface area contributed by atoms with Gasteiger partial charge in [0.1, 0.15) is 17.2 Å². The molecule has 0 radical (unpaired) electrons. The van der Waals surface area contributed by atoms with Crippen molar-refractivity contribution in [1.29, 1.82) is 0 Å². The van der Waals surface area contributed by atoms with E-state index in [0.717, 1.165) is 22.5 Å². The number of rotatable bonds is 4. The van der Waals surface area contributed by atoms with Crippen LogP contribution in [0, 0.1) is 34.1 Å². The van der Waals surface area contributed by atoms with Gasteiger partial charge in [-0.05, 0) is 62.4 Å². The summed E-state index contributed by atoms with van der Waals surface area (Å²) in [6.07, 6.45) is 0. The quantitative estimate of drug-likeness (QED) is 0.183. The summed E-state index contributed by atoms with van der Waals surface area (Å²) >= 11 is 0. The predicted octanol–water partition coefficient (Wildman–Crippen LogP) is 3.03. The third-order valence-electron chi connectivity index (χ3n) is 3.99. The Morgan fingerprint density at radius 2 is 1.25 bits per heavy atom. The van der Waals surface area contributed by atoms with Crippen molar-refractivity contribution in [1.82, 2.24) is 0 Å². The van der Waals surface area contributed by atoms with Gasteiger partial charge in [-0.15, -0.1) is 5.34 Å². The van der Waals surface area contributed by atoms with Gasteiger partial charge in [0.2, 0.25) is 0 Å². The fraction of sp³-hybridized carbons (Fsp3) is 0.250. The Labute approximate surface area is 234 Å². The smallest absolute Gasteiger partial charge is 0.497 e. The van der Waals surface area contributed by atoms with E-state index in [1.54, 1.807) is 45.4 Å². The van der Waals surface area contributed by atoms with Crippen LogP contribution >= 0.6 is 0 Å². The van der Waals surface area contributed by atoms with Crippen molar-refractivity contribution >= 4 is 11.4 Å². The summed E-state index contributed by atoms with van der Waals surface area (Å²) in [5.41, 5.74) is 8.18. The van der Waals surface area contributed by atoms with Crippen LogP contribution < -0.4 is 49.5 Å². The van der Waals surface area contributed by atoms with Crippen molar-refractivity contribution < 1.29 is 54.5 Å². The zero-order valence-electron chi connectivity index (χ0n) is 22.3. The maximum absolute atomic E-state index is 10.4. The molecule has 192 valence electrons. The summed E-state index contributed by atoms with van der Waals surface area (Å²) in [6.45, 7) is 3.75. The van der Waals surface area contributed by atoms with Crippen LogP contribution in [0.3, 0.4) is 0 Å². The summed E-state index contributed by atoms with van der Waals surface area (Å²) in [7, 11) is 3.78. The maximum atomic E-state index is 10.4. The molecule has 12 heteroatoms. The monoisotopic (exact) mass is 516 g/mol. The minimum Gasteiger partial charge on any atom is -0.497 e. The van der Waals surface area contributed by atoms with Crippen LogP contribution in [-0.4, -0.2) is 33.4 Å². The number of nitrogen functional groups attached to an aromatic ring is 1. The summed E-state index contributed by atoms with van der Waals surface area (Å²) in [4.78, 5) is 18.0. The number of nitrogens with zero attached hydrogens (tertiary/aromatic N) is 2. The SMILES string of the molecule is COc1ccc(C)c([N+](=O)[O-])c1.COc1ccc(C)cc1.COc1ccc(N)cc1.O=N[O-].[2H]CF.[Na+]. The number of ether oxygens (including phenoxy) is 3. The molecule has 0 aliphatic carbocycles. The minimum absolute atomic E-state index is 0. The molecule has 0 aliphatic rings. The number of benzene rings is 3. The molecular formula is C24H31FN3NaO7. The molecule has 36 heavy (non-hydrogen) atoms. The standard InChI is InChI=1S/C8H9NO3.C8H10O.C7H9NO.CH3F.HNO2.Na/c1-6-3-4-7(12-2)5-8(6)9(10)11;1-7-3-5-8(9-2)6-4-7;1-9-7-4-2-6(8)3-5-7;1-2;2-1-3;/h3-5H,1-2H3;3-6H,1-2H3;2-5H,8H2,1H3;1H3;(H,2,3);/q;;;;;+1/p-1/i;;;1D;;. The van der Waals surface area contributed by atoms with Crippen molar-refractivity contribution in [2.45, 2.75) is 13.8 Å². The summed E-state index contributed by atoms with van der Waals surface area (Å²) < 4.78 is 30.2. The van der Waals surface area contributed by atoms with E-state index in [-0.39, 0.29) is 35.2 Å². The van der Waals surface area contributed by atoms with Crippen LogP contribution in [0.25, 0.3) is 0 Å². The van der Waals surface area contributed by atoms with E-state index in [1.807, 2.05) is 36.4 Å². The molecule has 0 saturated carbocycles. The zero-order chi connectivity index (χ0) is 27.9.